The normalized spacial score (nSPS) is 15.8. The summed E-state index contributed by atoms with van der Waals surface area (Å²) in [7, 11) is 0. The Morgan fingerprint density at radius 1 is 1.05 bits per heavy atom. The lowest BCUT2D eigenvalue weighted by Gasteiger charge is -2.11. The topological polar surface area (TPSA) is 30.6 Å². The summed E-state index contributed by atoms with van der Waals surface area (Å²) in [4.78, 5) is 5.31. The van der Waals surface area contributed by atoms with Crippen molar-refractivity contribution < 1.29 is 9.88 Å². The van der Waals surface area contributed by atoms with Crippen LogP contribution in [0.3, 0.4) is 0 Å². The van der Waals surface area contributed by atoms with E-state index < -0.39 is 0 Å². The van der Waals surface area contributed by atoms with Gasteiger partial charge in [0.2, 0.25) is 0 Å². The van der Waals surface area contributed by atoms with Crippen LogP contribution in [0.15, 0.2) is 18.2 Å². The Balaban J connectivity index is 1.76. The third-order valence-corrected chi connectivity index (χ3v) is 4.63. The molecule has 0 saturated carbocycles. The molecule has 0 radical (unpaired) electrons. The van der Waals surface area contributed by atoms with Gasteiger partial charge in [-0.25, -0.2) is 4.98 Å². The van der Waals surface area contributed by atoms with Gasteiger partial charge in [-0.3, -0.25) is 5.32 Å². The third kappa shape index (κ3) is 3.18. The number of hydrogen-bond acceptors (Lipinski definition) is 1. The van der Waals surface area contributed by atoms with Gasteiger partial charge < -0.3 is 4.90 Å². The summed E-state index contributed by atoms with van der Waals surface area (Å²) < 4.78 is 0. The Hall–Kier alpha value is -1.61. The van der Waals surface area contributed by atoms with E-state index in [0.29, 0.717) is 0 Å². The molecule has 0 unspecified atom stereocenters. The number of aromatic nitrogens is 1. The first kappa shape index (κ1) is 14.3. The molecular formula is C18H27N3+2. The van der Waals surface area contributed by atoms with Gasteiger partial charge in [0, 0.05) is 24.3 Å². The number of anilines is 1. The Morgan fingerprint density at radius 2 is 1.81 bits per heavy atom. The molecule has 21 heavy (non-hydrogen) atoms. The number of likely N-dealkylation sites (tertiary alicyclic amines) is 1. The van der Waals surface area contributed by atoms with Crippen LogP contribution in [0.5, 0.6) is 0 Å². The largest absolute Gasteiger partial charge is 0.332 e. The van der Waals surface area contributed by atoms with Crippen molar-refractivity contribution in [3.63, 3.8) is 0 Å². The molecule has 1 aromatic carbocycles. The summed E-state index contributed by atoms with van der Waals surface area (Å²) in [5.41, 5.74) is 5.25. The third-order valence-electron chi connectivity index (χ3n) is 4.63. The highest BCUT2D eigenvalue weighted by atomic mass is 15.2. The van der Waals surface area contributed by atoms with Crippen LogP contribution in [0.4, 0.5) is 5.82 Å². The molecule has 1 aliphatic heterocycles. The molecule has 0 amide bonds. The molecule has 1 aromatic heterocycles. The lowest BCUT2D eigenvalue weighted by atomic mass is 10.0. The molecule has 3 N–H and O–H groups in total. The van der Waals surface area contributed by atoms with E-state index in [0.717, 1.165) is 12.4 Å². The minimum atomic E-state index is 1.04. The molecule has 0 atom stereocenters. The smallest absolute Gasteiger partial charge is 0.273 e. The molecule has 3 nitrogen and oxygen atoms in total. The lowest BCUT2D eigenvalue weighted by molar-refractivity contribution is -0.885. The molecule has 3 heteroatoms. The fraction of sp³-hybridized carbons (Fsp3) is 0.500. The number of aryl methyl sites for hydroxylation is 3. The highest BCUT2D eigenvalue weighted by Crippen LogP contribution is 2.21. The van der Waals surface area contributed by atoms with Gasteiger partial charge in [0.1, 0.15) is 18.6 Å². The quantitative estimate of drug-likeness (QED) is 0.879. The first-order chi connectivity index (χ1) is 10.1. The average Bonchev–Trinajstić information content (AvgIpc) is 2.93. The van der Waals surface area contributed by atoms with Gasteiger partial charge in [0.25, 0.3) is 5.82 Å². The van der Waals surface area contributed by atoms with Gasteiger partial charge in [0.05, 0.1) is 13.1 Å². The van der Waals surface area contributed by atoms with Crippen molar-refractivity contribution in [2.75, 3.05) is 31.5 Å². The van der Waals surface area contributed by atoms with Crippen molar-refractivity contribution in [1.82, 2.24) is 0 Å². The first-order valence-electron chi connectivity index (χ1n) is 8.15. The molecule has 2 heterocycles. The molecular weight excluding hydrogens is 258 g/mol. The van der Waals surface area contributed by atoms with E-state index in [4.69, 9.17) is 0 Å². The van der Waals surface area contributed by atoms with Crippen LogP contribution in [0.1, 0.15) is 29.5 Å². The zero-order valence-corrected chi connectivity index (χ0v) is 13.5. The van der Waals surface area contributed by atoms with Gasteiger partial charge in [-0.05, 0) is 43.5 Å². The molecule has 1 fully saturated rings. The van der Waals surface area contributed by atoms with E-state index in [1.165, 1.54) is 60.1 Å². The second-order valence-electron chi connectivity index (χ2n) is 6.50. The number of pyridine rings is 1. The summed E-state index contributed by atoms with van der Waals surface area (Å²) >= 11 is 0. The predicted molar refractivity (Wildman–Crippen MR) is 88.0 cm³/mol. The van der Waals surface area contributed by atoms with E-state index in [1.807, 2.05) is 0 Å². The van der Waals surface area contributed by atoms with Crippen molar-refractivity contribution in [1.29, 1.82) is 0 Å². The number of rotatable bonds is 4. The summed E-state index contributed by atoms with van der Waals surface area (Å²) in [5.74, 6) is 1.14. The van der Waals surface area contributed by atoms with E-state index in [9.17, 15) is 0 Å². The maximum atomic E-state index is 3.57. The van der Waals surface area contributed by atoms with E-state index in [2.05, 4.69) is 49.3 Å². The number of hydrogen-bond donors (Lipinski definition) is 2. The van der Waals surface area contributed by atoms with Gasteiger partial charge >= 0.3 is 0 Å². The van der Waals surface area contributed by atoms with E-state index in [1.54, 1.807) is 4.90 Å². The second kappa shape index (κ2) is 6.02. The van der Waals surface area contributed by atoms with Gasteiger partial charge in [-0.2, -0.15) is 0 Å². The molecule has 3 rings (SSSR count). The molecule has 0 spiro atoms. The van der Waals surface area contributed by atoms with Crippen LogP contribution in [0, 0.1) is 20.8 Å². The number of aromatic amines is 1. The lowest BCUT2D eigenvalue weighted by Crippen LogP contribution is -3.10. The number of fused-ring (bicyclic) bond motifs is 1. The Morgan fingerprint density at radius 3 is 2.57 bits per heavy atom. The van der Waals surface area contributed by atoms with Crippen LogP contribution in [-0.2, 0) is 0 Å². The Labute approximate surface area is 127 Å². The van der Waals surface area contributed by atoms with Crippen LogP contribution in [-0.4, -0.2) is 26.2 Å². The highest BCUT2D eigenvalue weighted by molar-refractivity contribution is 5.83. The van der Waals surface area contributed by atoms with Crippen LogP contribution < -0.4 is 15.2 Å². The van der Waals surface area contributed by atoms with Crippen molar-refractivity contribution >= 4 is 16.7 Å². The number of quaternary nitrogens is 1. The second-order valence-corrected chi connectivity index (χ2v) is 6.50. The van der Waals surface area contributed by atoms with Gasteiger partial charge in [-0.15, -0.1) is 0 Å². The Bertz CT molecular complexity index is 642. The maximum absolute atomic E-state index is 3.57. The molecule has 0 aliphatic carbocycles. The van der Waals surface area contributed by atoms with Crippen LogP contribution in [0.25, 0.3) is 10.9 Å². The predicted octanol–water partition coefficient (Wildman–Crippen LogP) is 1.67. The fourth-order valence-corrected chi connectivity index (χ4v) is 3.50. The molecule has 2 aromatic rings. The number of benzene rings is 1. The van der Waals surface area contributed by atoms with Crippen LogP contribution in [0.2, 0.25) is 0 Å². The summed E-state index contributed by atoms with van der Waals surface area (Å²) in [6.07, 6.45) is 2.80. The van der Waals surface area contributed by atoms with E-state index >= 15 is 0 Å². The minimum absolute atomic E-state index is 1.04. The standard InChI is InChI=1S/C18H25N3/c1-13-10-15(3)18-16(11-13)14(2)12-17(20-18)19-6-9-21-7-4-5-8-21/h10-12H,4-9H2,1-3H3,(H,19,20)/p+2. The molecule has 1 aliphatic rings. The molecule has 1 saturated heterocycles. The maximum Gasteiger partial charge on any atom is 0.273 e. The molecule has 0 bridgehead atoms. The van der Waals surface area contributed by atoms with Gasteiger partial charge in [-0.1, -0.05) is 6.07 Å². The minimum Gasteiger partial charge on any atom is -0.332 e. The fourth-order valence-electron chi connectivity index (χ4n) is 3.50. The van der Waals surface area contributed by atoms with Crippen molar-refractivity contribution in [3.05, 3.63) is 34.9 Å². The van der Waals surface area contributed by atoms with Crippen LogP contribution >= 0.6 is 0 Å². The first-order valence-corrected chi connectivity index (χ1v) is 8.15. The Kier molecular flexibility index (Phi) is 4.11. The van der Waals surface area contributed by atoms with Crippen molar-refractivity contribution in [3.8, 4) is 0 Å². The van der Waals surface area contributed by atoms with Crippen molar-refractivity contribution in [2.24, 2.45) is 0 Å². The summed E-state index contributed by atoms with van der Waals surface area (Å²) in [5, 5.41) is 4.91. The summed E-state index contributed by atoms with van der Waals surface area (Å²) in [6, 6.07) is 6.75. The van der Waals surface area contributed by atoms with Crippen molar-refractivity contribution in [2.45, 2.75) is 33.6 Å². The zero-order chi connectivity index (χ0) is 14.8. The highest BCUT2D eigenvalue weighted by Gasteiger charge is 2.16. The summed E-state index contributed by atoms with van der Waals surface area (Å²) in [6.45, 7) is 11.5. The van der Waals surface area contributed by atoms with E-state index in [-0.39, 0.29) is 0 Å². The van der Waals surface area contributed by atoms with Gasteiger partial charge in [0.15, 0.2) is 0 Å². The SMILES string of the molecule is Cc1cc(C)c2[nH+]c(NCC[NH+]3CCCC3)cc(C)c2c1. The zero-order valence-electron chi connectivity index (χ0n) is 13.5. The average molecular weight is 285 g/mol. The number of H-pyrrole nitrogens is 1. The monoisotopic (exact) mass is 285 g/mol. The number of nitrogens with one attached hydrogen (secondary N) is 3. The molecule has 112 valence electrons.